The molecule has 1 aromatic rings. The van der Waals surface area contributed by atoms with Gasteiger partial charge in [0, 0.05) is 19.0 Å². The maximum Gasteiger partial charge on any atom is 0.475 e. The van der Waals surface area contributed by atoms with Gasteiger partial charge in [0.1, 0.15) is 11.6 Å². The summed E-state index contributed by atoms with van der Waals surface area (Å²) in [5, 5.41) is 31.2. The molecule has 1 aliphatic rings. The molecule has 9 heteroatoms. The number of amides is 2. The summed E-state index contributed by atoms with van der Waals surface area (Å²) in [6, 6.07) is 9.57. The van der Waals surface area contributed by atoms with E-state index in [4.69, 9.17) is 4.74 Å². The molecule has 0 spiro atoms. The largest absolute Gasteiger partial charge is 0.475 e. The third-order valence-electron chi connectivity index (χ3n) is 5.42. The lowest BCUT2D eigenvalue weighted by molar-refractivity contribution is -0.128. The lowest BCUT2D eigenvalue weighted by Gasteiger charge is -2.32. The van der Waals surface area contributed by atoms with E-state index in [0.717, 1.165) is 24.0 Å². The van der Waals surface area contributed by atoms with Gasteiger partial charge in [0.05, 0.1) is 12.5 Å². The third kappa shape index (κ3) is 8.91. The van der Waals surface area contributed by atoms with Gasteiger partial charge >= 0.3 is 13.2 Å². The molecule has 1 unspecified atom stereocenters. The number of alkyl carbamates (subject to hydrolysis) is 1. The number of carbonyl (C=O) groups is 2. The van der Waals surface area contributed by atoms with Crippen LogP contribution in [0.1, 0.15) is 44.7 Å². The van der Waals surface area contributed by atoms with Gasteiger partial charge in [0.25, 0.3) is 5.91 Å². The van der Waals surface area contributed by atoms with Crippen LogP contribution in [-0.2, 0) is 16.0 Å². The Labute approximate surface area is 196 Å². The lowest BCUT2D eigenvalue weighted by Crippen LogP contribution is -2.48. The second kappa shape index (κ2) is 11.9. The lowest BCUT2D eigenvalue weighted by atomic mass is 9.76. The normalized spacial score (nSPS) is 17.7. The van der Waals surface area contributed by atoms with E-state index in [-0.39, 0.29) is 35.8 Å². The number of benzene rings is 1. The molecule has 1 aromatic carbocycles. The predicted molar refractivity (Wildman–Crippen MR) is 126 cm³/mol. The van der Waals surface area contributed by atoms with Crippen molar-refractivity contribution in [3.8, 4) is 6.07 Å². The Bertz CT molecular complexity index is 887. The molecule has 1 heterocycles. The minimum absolute atomic E-state index is 0.0578. The summed E-state index contributed by atoms with van der Waals surface area (Å²) >= 11 is 0. The van der Waals surface area contributed by atoms with Gasteiger partial charge in [-0.05, 0) is 37.2 Å². The number of nitriles is 1. The van der Waals surface area contributed by atoms with Crippen LogP contribution in [0.5, 0.6) is 0 Å². The van der Waals surface area contributed by atoms with E-state index in [1.165, 1.54) is 0 Å². The van der Waals surface area contributed by atoms with Crippen molar-refractivity contribution in [3.05, 3.63) is 47.0 Å². The third-order valence-corrected chi connectivity index (χ3v) is 5.42. The number of hydrogen-bond donors (Lipinski definition) is 3. The highest BCUT2D eigenvalue weighted by Crippen LogP contribution is 2.22. The van der Waals surface area contributed by atoms with Gasteiger partial charge in [-0.2, -0.15) is 5.26 Å². The van der Waals surface area contributed by atoms with Crippen molar-refractivity contribution in [3.63, 3.8) is 0 Å². The Morgan fingerprint density at radius 2 is 2.00 bits per heavy atom. The van der Waals surface area contributed by atoms with E-state index in [0.29, 0.717) is 13.1 Å². The summed E-state index contributed by atoms with van der Waals surface area (Å²) < 4.78 is 5.32. The van der Waals surface area contributed by atoms with Crippen LogP contribution in [0.25, 0.3) is 0 Å². The molecule has 178 valence electrons. The molecule has 0 bridgehead atoms. The molecule has 3 N–H and O–H groups in total. The van der Waals surface area contributed by atoms with Crippen LogP contribution < -0.4 is 5.32 Å². The molecule has 0 aromatic heterocycles. The minimum atomic E-state index is -1.74. The molecule has 1 aliphatic heterocycles. The van der Waals surface area contributed by atoms with Crippen LogP contribution in [-0.4, -0.2) is 59.7 Å². The number of rotatable bonds is 7. The zero-order chi connectivity index (χ0) is 24.6. The highest BCUT2D eigenvalue weighted by Gasteiger charge is 2.29. The predicted octanol–water partition coefficient (Wildman–Crippen LogP) is 2.38. The number of piperidine rings is 1. The van der Waals surface area contributed by atoms with Crippen LogP contribution in [0.3, 0.4) is 0 Å². The van der Waals surface area contributed by atoms with Crippen LogP contribution in [0, 0.1) is 29.6 Å². The quantitative estimate of drug-likeness (QED) is 0.330. The van der Waals surface area contributed by atoms with Crippen LogP contribution >= 0.6 is 0 Å². The van der Waals surface area contributed by atoms with Gasteiger partial charge in [-0.15, -0.1) is 0 Å². The molecular formula is C24H34BN3O5. The first kappa shape index (κ1) is 26.4. The Kier molecular flexibility index (Phi) is 9.50. The summed E-state index contributed by atoms with van der Waals surface area (Å²) in [4.78, 5) is 26.7. The van der Waals surface area contributed by atoms with E-state index in [1.807, 2.05) is 58.0 Å². The first-order valence-corrected chi connectivity index (χ1v) is 11.3. The summed E-state index contributed by atoms with van der Waals surface area (Å²) in [5.41, 5.74) is 1.78. The Hall–Kier alpha value is -2.83. The smallest absolute Gasteiger partial charge is 0.449 e. The number of hydrogen-bond acceptors (Lipinski definition) is 6. The highest BCUT2D eigenvalue weighted by molar-refractivity contribution is 6.43. The van der Waals surface area contributed by atoms with Crippen molar-refractivity contribution in [2.75, 3.05) is 19.7 Å². The molecule has 0 radical (unpaired) electrons. The summed E-state index contributed by atoms with van der Waals surface area (Å²) in [5.74, 6) is -1.27. The summed E-state index contributed by atoms with van der Waals surface area (Å²) in [6.07, 6.45) is 2.72. The molecule has 2 amide bonds. The second-order valence-corrected chi connectivity index (χ2v) is 9.75. The molecule has 2 rings (SSSR count). The number of nitrogens with zero attached hydrogens (tertiary/aromatic N) is 2. The number of allylic oxidation sites excluding steroid dienone is 1. The van der Waals surface area contributed by atoms with Crippen molar-refractivity contribution < 1.29 is 24.4 Å². The van der Waals surface area contributed by atoms with E-state index >= 15 is 0 Å². The average Bonchev–Trinajstić information content (AvgIpc) is 2.76. The van der Waals surface area contributed by atoms with Crippen molar-refractivity contribution in [1.29, 1.82) is 5.26 Å². The molecule has 0 saturated carbocycles. The number of nitrogens with one attached hydrogen (secondary N) is 1. The topological polar surface area (TPSA) is 123 Å². The summed E-state index contributed by atoms with van der Waals surface area (Å²) in [7, 11) is -1.74. The van der Waals surface area contributed by atoms with Gasteiger partial charge < -0.3 is 25.0 Å². The molecule has 0 aliphatic carbocycles. The first-order chi connectivity index (χ1) is 15.5. The molecule has 2 atom stereocenters. The molecule has 8 nitrogen and oxygen atoms in total. The van der Waals surface area contributed by atoms with Crippen molar-refractivity contribution in [1.82, 2.24) is 10.2 Å². The number of ether oxygens (including phenoxy) is 1. The number of carbonyl (C=O) groups excluding carboxylic acids is 2. The van der Waals surface area contributed by atoms with Crippen LogP contribution in [0.15, 0.2) is 35.9 Å². The molecule has 1 fully saturated rings. The monoisotopic (exact) mass is 455 g/mol. The fourth-order valence-electron chi connectivity index (χ4n) is 3.73. The Morgan fingerprint density at radius 3 is 2.58 bits per heavy atom. The maximum atomic E-state index is 12.8. The second-order valence-electron chi connectivity index (χ2n) is 9.75. The van der Waals surface area contributed by atoms with Gasteiger partial charge in [-0.3, -0.25) is 4.79 Å². The average molecular weight is 455 g/mol. The number of aryl methyl sites for hydroxylation is 1. The van der Waals surface area contributed by atoms with E-state index in [9.17, 15) is 24.9 Å². The molecule has 1 saturated heterocycles. The zero-order valence-corrected chi connectivity index (χ0v) is 19.9. The Morgan fingerprint density at radius 1 is 1.33 bits per heavy atom. The van der Waals surface area contributed by atoms with Crippen molar-refractivity contribution in [2.45, 2.75) is 52.9 Å². The standard InChI is InChI=1S/C24H34BN3O5/c1-17-7-9-18(10-8-17)12-21(25(31)32)27-23(30)33-16-19-6-5-11-28(15-19)22(29)20(14-26)13-24(2,3)4/h7-10,13,19,21,31-32H,5-6,11-12,15-16H2,1-4H3,(H,27,30)/t19-,21?/m0/s1. The fraction of sp³-hybridized carbons (Fsp3) is 0.542. The van der Waals surface area contributed by atoms with Crippen molar-refractivity contribution >= 4 is 19.1 Å². The van der Waals surface area contributed by atoms with Crippen LogP contribution in [0.2, 0.25) is 0 Å². The van der Waals surface area contributed by atoms with Gasteiger partial charge in [-0.1, -0.05) is 56.7 Å². The highest BCUT2D eigenvalue weighted by atomic mass is 16.5. The Balaban J connectivity index is 1.89. The van der Waals surface area contributed by atoms with Gasteiger partial charge in [0.15, 0.2) is 0 Å². The zero-order valence-electron chi connectivity index (χ0n) is 19.9. The van der Waals surface area contributed by atoms with E-state index in [2.05, 4.69) is 5.32 Å². The number of likely N-dealkylation sites (tertiary alicyclic amines) is 1. The minimum Gasteiger partial charge on any atom is -0.449 e. The molecular weight excluding hydrogens is 421 g/mol. The maximum absolute atomic E-state index is 12.8. The van der Waals surface area contributed by atoms with Gasteiger partial charge in [0.2, 0.25) is 0 Å². The van der Waals surface area contributed by atoms with Crippen molar-refractivity contribution in [2.24, 2.45) is 11.3 Å². The summed E-state index contributed by atoms with van der Waals surface area (Å²) in [6.45, 7) is 8.79. The van der Waals surface area contributed by atoms with Crippen LogP contribution in [0.4, 0.5) is 4.79 Å². The SMILES string of the molecule is Cc1ccc(CC(NC(=O)OC[C@H]2CCCN(C(=O)C(C#N)=CC(C)(C)C)C2)B(O)O)cc1. The fourth-order valence-corrected chi connectivity index (χ4v) is 3.73. The van der Waals surface area contributed by atoms with E-state index in [1.54, 1.807) is 11.0 Å². The van der Waals surface area contributed by atoms with E-state index < -0.39 is 19.2 Å². The molecule has 33 heavy (non-hydrogen) atoms. The first-order valence-electron chi connectivity index (χ1n) is 11.3. The van der Waals surface area contributed by atoms with Gasteiger partial charge in [-0.25, -0.2) is 4.79 Å².